The van der Waals surface area contributed by atoms with E-state index in [1.54, 1.807) is 17.4 Å². The fourth-order valence-corrected chi connectivity index (χ4v) is 6.08. The van der Waals surface area contributed by atoms with Crippen LogP contribution in [0.2, 0.25) is 0 Å². The average Bonchev–Trinajstić information content (AvgIpc) is 3.43. The van der Waals surface area contributed by atoms with Crippen molar-refractivity contribution in [2.24, 2.45) is 5.92 Å². The first kappa shape index (κ1) is 26.7. The standard InChI is InChI=1S/C17H14N2O3S2.C10H21NO/c1-17(2)21-15-10(8-20)6-7-11(16(15)22-17)19-24-13-5-3-4-12-14(13)18-9-23-12;1-9(2)8-10(12)4-6-11(3)7-5-10/h3-9,19H,1-2H3;9,12H,4-8H2,1-3H3. The van der Waals surface area contributed by atoms with Crippen LogP contribution in [0.25, 0.3) is 10.2 Å². The second kappa shape index (κ2) is 11.0. The zero-order chi connectivity index (χ0) is 25.9. The lowest BCUT2D eigenvalue weighted by molar-refractivity contribution is -0.0430. The minimum Gasteiger partial charge on any atom is -0.448 e. The number of aliphatic hydroxyl groups is 1. The summed E-state index contributed by atoms with van der Waals surface area (Å²) in [5.41, 5.74) is 3.69. The molecule has 0 aliphatic carbocycles. The molecule has 1 aromatic heterocycles. The predicted molar refractivity (Wildman–Crippen MR) is 147 cm³/mol. The topological polar surface area (TPSA) is 83.9 Å². The molecule has 194 valence electrons. The largest absolute Gasteiger partial charge is 0.448 e. The van der Waals surface area contributed by atoms with E-state index in [0.717, 1.165) is 59.4 Å². The molecule has 3 heterocycles. The molecule has 2 aromatic carbocycles. The number of para-hydroxylation sites is 1. The summed E-state index contributed by atoms with van der Waals surface area (Å²) in [5.74, 6) is 0.853. The van der Waals surface area contributed by atoms with Gasteiger partial charge >= 0.3 is 0 Å². The van der Waals surface area contributed by atoms with E-state index in [4.69, 9.17) is 9.47 Å². The number of nitrogens with one attached hydrogen (secondary N) is 1. The number of aldehydes is 1. The summed E-state index contributed by atoms with van der Waals surface area (Å²) in [6.45, 7) is 10.1. The van der Waals surface area contributed by atoms with Crippen molar-refractivity contribution in [1.29, 1.82) is 0 Å². The first-order chi connectivity index (χ1) is 17.1. The van der Waals surface area contributed by atoms with Crippen LogP contribution in [0.5, 0.6) is 11.5 Å². The molecule has 0 saturated carbocycles. The van der Waals surface area contributed by atoms with Gasteiger partial charge in [-0.15, -0.1) is 11.3 Å². The number of rotatable bonds is 6. The Bertz CT molecular complexity index is 1200. The van der Waals surface area contributed by atoms with Gasteiger partial charge in [0.1, 0.15) is 0 Å². The van der Waals surface area contributed by atoms with Gasteiger partial charge in [0.2, 0.25) is 5.79 Å². The van der Waals surface area contributed by atoms with Crippen molar-refractivity contribution in [3.8, 4) is 11.5 Å². The van der Waals surface area contributed by atoms with Crippen LogP contribution in [0.4, 0.5) is 5.69 Å². The maximum absolute atomic E-state index is 11.2. The van der Waals surface area contributed by atoms with Crippen molar-refractivity contribution in [2.75, 3.05) is 24.9 Å². The fraction of sp³-hybridized carbons (Fsp3) is 0.481. The Balaban J connectivity index is 0.000000214. The molecule has 2 aliphatic rings. The van der Waals surface area contributed by atoms with Gasteiger partial charge in [0.15, 0.2) is 17.8 Å². The number of hydrogen-bond donors (Lipinski definition) is 2. The molecule has 36 heavy (non-hydrogen) atoms. The summed E-state index contributed by atoms with van der Waals surface area (Å²) in [5, 5.41) is 10.1. The first-order valence-corrected chi connectivity index (χ1v) is 13.9. The average molecular weight is 530 g/mol. The Morgan fingerprint density at radius 1 is 1.19 bits per heavy atom. The van der Waals surface area contributed by atoms with Crippen LogP contribution in [0.3, 0.4) is 0 Å². The van der Waals surface area contributed by atoms with Crippen molar-refractivity contribution >= 4 is 45.5 Å². The number of thiazole rings is 1. The number of benzene rings is 2. The smallest absolute Gasteiger partial charge is 0.246 e. The molecule has 2 aliphatic heterocycles. The summed E-state index contributed by atoms with van der Waals surface area (Å²) in [6.07, 6.45) is 3.63. The molecule has 7 nitrogen and oxygen atoms in total. The molecule has 2 N–H and O–H groups in total. The van der Waals surface area contributed by atoms with Gasteiger partial charge in [0.05, 0.1) is 37.5 Å². The SMILES string of the molecule is CC(C)CC1(O)CCN(C)CC1.CC1(C)Oc2c(C=O)ccc(NSc3cccc4scnc34)c2O1. The number of likely N-dealkylation sites (tertiary alicyclic amines) is 1. The summed E-state index contributed by atoms with van der Waals surface area (Å²) in [7, 11) is 2.12. The van der Waals surface area contributed by atoms with Gasteiger partial charge in [-0.05, 0) is 68.4 Å². The van der Waals surface area contributed by atoms with Gasteiger partial charge in [0, 0.05) is 26.9 Å². The molecule has 5 rings (SSSR count). The van der Waals surface area contributed by atoms with Gasteiger partial charge in [-0.1, -0.05) is 19.9 Å². The van der Waals surface area contributed by atoms with Crippen LogP contribution in [0, 0.1) is 5.92 Å². The number of nitrogens with zero attached hydrogens (tertiary/aromatic N) is 2. The third-order valence-corrected chi connectivity index (χ3v) is 7.93. The van der Waals surface area contributed by atoms with E-state index in [1.807, 2.05) is 43.6 Å². The summed E-state index contributed by atoms with van der Waals surface area (Å²) < 4.78 is 16.0. The Morgan fingerprint density at radius 3 is 2.61 bits per heavy atom. The molecule has 0 amide bonds. The summed E-state index contributed by atoms with van der Waals surface area (Å²) >= 11 is 3.07. The normalized spacial score (nSPS) is 18.1. The van der Waals surface area contributed by atoms with E-state index in [1.165, 1.54) is 11.9 Å². The van der Waals surface area contributed by atoms with Crippen LogP contribution >= 0.6 is 23.3 Å². The Hall–Kier alpha value is -2.33. The van der Waals surface area contributed by atoms with Crippen LogP contribution in [0.1, 0.15) is 57.3 Å². The number of fused-ring (bicyclic) bond motifs is 2. The summed E-state index contributed by atoms with van der Waals surface area (Å²) in [4.78, 5) is 18.9. The van der Waals surface area contributed by atoms with Gasteiger partial charge in [-0.2, -0.15) is 0 Å². The number of carbonyl (C=O) groups is 1. The summed E-state index contributed by atoms with van der Waals surface area (Å²) in [6, 6.07) is 9.62. The lowest BCUT2D eigenvalue weighted by atomic mass is 9.84. The van der Waals surface area contributed by atoms with Crippen LogP contribution in [0.15, 0.2) is 40.7 Å². The monoisotopic (exact) mass is 529 g/mol. The van der Waals surface area contributed by atoms with Crippen molar-refractivity contribution < 1.29 is 19.4 Å². The van der Waals surface area contributed by atoms with Crippen molar-refractivity contribution in [3.05, 3.63) is 41.4 Å². The van der Waals surface area contributed by atoms with Crippen molar-refractivity contribution in [3.63, 3.8) is 0 Å². The highest BCUT2D eigenvalue weighted by atomic mass is 32.2. The number of anilines is 1. The Labute approximate surface area is 221 Å². The number of piperidine rings is 1. The molecule has 0 unspecified atom stereocenters. The molecule has 0 spiro atoms. The third kappa shape index (κ3) is 6.32. The molecule has 1 saturated heterocycles. The van der Waals surface area contributed by atoms with E-state index in [2.05, 4.69) is 35.5 Å². The third-order valence-electron chi connectivity index (χ3n) is 6.27. The number of ether oxygens (including phenoxy) is 2. The second-order valence-corrected chi connectivity index (χ2v) is 12.1. The first-order valence-electron chi connectivity index (χ1n) is 12.3. The van der Waals surface area contributed by atoms with Crippen LogP contribution in [-0.2, 0) is 0 Å². The maximum Gasteiger partial charge on any atom is 0.246 e. The van der Waals surface area contributed by atoms with E-state index in [0.29, 0.717) is 23.0 Å². The van der Waals surface area contributed by atoms with E-state index < -0.39 is 5.79 Å². The van der Waals surface area contributed by atoms with E-state index in [9.17, 15) is 9.90 Å². The molecular weight excluding hydrogens is 494 g/mol. The van der Waals surface area contributed by atoms with Crippen molar-refractivity contribution in [2.45, 2.75) is 63.2 Å². The lowest BCUT2D eigenvalue weighted by Crippen LogP contribution is -2.43. The van der Waals surface area contributed by atoms with Gasteiger partial charge in [0.25, 0.3) is 0 Å². The van der Waals surface area contributed by atoms with Crippen LogP contribution < -0.4 is 14.2 Å². The number of hydrogen-bond acceptors (Lipinski definition) is 9. The molecule has 9 heteroatoms. The highest BCUT2D eigenvalue weighted by Crippen LogP contribution is 2.47. The quantitative estimate of drug-likeness (QED) is 0.287. The minimum atomic E-state index is -0.794. The van der Waals surface area contributed by atoms with E-state index in [-0.39, 0.29) is 5.60 Å². The fourth-order valence-electron chi connectivity index (χ4n) is 4.52. The van der Waals surface area contributed by atoms with Crippen molar-refractivity contribution in [1.82, 2.24) is 9.88 Å². The highest BCUT2D eigenvalue weighted by molar-refractivity contribution is 8.00. The molecule has 0 radical (unpaired) electrons. The molecular formula is C27H35N3O4S2. The van der Waals surface area contributed by atoms with Gasteiger partial charge < -0.3 is 24.2 Å². The van der Waals surface area contributed by atoms with Crippen LogP contribution in [-0.4, -0.2) is 52.8 Å². The molecule has 0 atom stereocenters. The zero-order valence-electron chi connectivity index (χ0n) is 21.5. The second-order valence-electron chi connectivity index (χ2n) is 10.4. The predicted octanol–water partition coefficient (Wildman–Crippen LogP) is 6.22. The molecule has 0 bridgehead atoms. The Morgan fingerprint density at radius 2 is 1.92 bits per heavy atom. The lowest BCUT2D eigenvalue weighted by Gasteiger charge is -2.37. The number of carbonyl (C=O) groups excluding carboxylic acids is 1. The molecule has 1 fully saturated rings. The van der Waals surface area contributed by atoms with Gasteiger partial charge in [-0.25, -0.2) is 4.98 Å². The Kier molecular flexibility index (Phi) is 8.14. The maximum atomic E-state index is 11.2. The zero-order valence-corrected chi connectivity index (χ0v) is 23.2. The molecule has 3 aromatic rings. The van der Waals surface area contributed by atoms with Gasteiger partial charge in [-0.3, -0.25) is 4.79 Å². The minimum absolute atomic E-state index is 0.360. The number of aromatic nitrogens is 1. The highest BCUT2D eigenvalue weighted by Gasteiger charge is 2.36. The van der Waals surface area contributed by atoms with E-state index >= 15 is 0 Å².